The molecule has 18 heavy (non-hydrogen) atoms. The molecule has 1 aliphatic heterocycles. The van der Waals surface area contributed by atoms with Crippen LogP contribution in [0, 0.1) is 6.92 Å². The maximum Gasteiger partial charge on any atom is 0.0864 e. The molecule has 0 bridgehead atoms. The van der Waals surface area contributed by atoms with Gasteiger partial charge in [0, 0.05) is 13.1 Å². The van der Waals surface area contributed by atoms with Gasteiger partial charge in [-0.1, -0.05) is 32.8 Å². The zero-order chi connectivity index (χ0) is 12.3. The molecule has 1 N–H and O–H groups in total. The lowest BCUT2D eigenvalue weighted by atomic mass is 10.2. The van der Waals surface area contributed by atoms with E-state index in [1.807, 2.05) is 0 Å². The Morgan fingerprint density at radius 2 is 1.61 bits per heavy atom. The lowest BCUT2D eigenvalue weighted by molar-refractivity contribution is 0.679. The summed E-state index contributed by atoms with van der Waals surface area (Å²) >= 11 is 0. The van der Waals surface area contributed by atoms with Crippen LogP contribution in [0.25, 0.3) is 0 Å². The van der Waals surface area contributed by atoms with Gasteiger partial charge in [0.2, 0.25) is 0 Å². The highest BCUT2D eigenvalue weighted by Gasteiger charge is 2.25. The molecule has 0 radical (unpaired) electrons. The summed E-state index contributed by atoms with van der Waals surface area (Å²) in [5.41, 5.74) is 5.51. The third-order valence-corrected chi connectivity index (χ3v) is 3.48. The van der Waals surface area contributed by atoms with E-state index in [1.165, 1.54) is 61.4 Å². The fraction of sp³-hybridized carbons (Fsp3) is 0.600. The van der Waals surface area contributed by atoms with Crippen LogP contribution in [-0.2, 0) is 0 Å². The monoisotopic (exact) mass is 252 g/mol. The molecule has 3 heteroatoms. The minimum atomic E-state index is 0. The van der Waals surface area contributed by atoms with Crippen LogP contribution in [0.1, 0.15) is 45.1 Å². The van der Waals surface area contributed by atoms with E-state index in [0.717, 1.165) is 0 Å². The van der Waals surface area contributed by atoms with E-state index in [2.05, 4.69) is 43.1 Å². The van der Waals surface area contributed by atoms with Crippen LogP contribution in [-0.4, -0.2) is 13.1 Å². The Bertz CT molecular complexity index is 382. The van der Waals surface area contributed by atoms with Crippen molar-refractivity contribution in [2.75, 3.05) is 23.3 Å². The van der Waals surface area contributed by atoms with Crippen molar-refractivity contribution < 1.29 is 4.70 Å². The average Bonchev–Trinajstić information content (AvgIpc) is 3.12. The average molecular weight is 252 g/mol. The Labute approximate surface area is 110 Å². The van der Waals surface area contributed by atoms with E-state index in [4.69, 9.17) is 0 Å². The summed E-state index contributed by atoms with van der Waals surface area (Å²) in [6.45, 7) is 9.07. The molecule has 0 unspecified atom stereocenters. The number of benzene rings is 1. The molecule has 2 nitrogen and oxygen atoms in total. The van der Waals surface area contributed by atoms with Gasteiger partial charge in [0.15, 0.2) is 0 Å². The van der Waals surface area contributed by atoms with Crippen molar-refractivity contribution in [3.05, 3.63) is 17.7 Å². The summed E-state index contributed by atoms with van der Waals surface area (Å²) in [5.74, 6) is 0. The van der Waals surface area contributed by atoms with Crippen molar-refractivity contribution in [2.24, 2.45) is 0 Å². The molecule has 1 aromatic rings. The summed E-state index contributed by atoms with van der Waals surface area (Å²) in [7, 11) is 0. The van der Waals surface area contributed by atoms with Gasteiger partial charge in [-0.25, -0.2) is 0 Å². The first-order chi connectivity index (χ1) is 8.27. The Balaban J connectivity index is 0.00000162. The first-order valence-electron chi connectivity index (χ1n) is 6.93. The molecule has 0 saturated heterocycles. The zero-order valence-corrected chi connectivity index (χ0v) is 11.8. The molecule has 0 fully saturated rings. The lowest BCUT2D eigenvalue weighted by Crippen LogP contribution is -2.25. The fourth-order valence-electron chi connectivity index (χ4n) is 2.27. The smallest absolute Gasteiger partial charge is 0.0864 e. The van der Waals surface area contributed by atoms with E-state index in [0.29, 0.717) is 0 Å². The summed E-state index contributed by atoms with van der Waals surface area (Å²) in [5, 5.41) is 3.42. The minimum absolute atomic E-state index is 0. The second-order valence-electron chi connectivity index (χ2n) is 4.97. The highest BCUT2D eigenvalue weighted by Crippen LogP contribution is 2.49. The van der Waals surface area contributed by atoms with Crippen LogP contribution < -0.4 is 10.2 Å². The first-order valence-corrected chi connectivity index (χ1v) is 6.93. The predicted molar refractivity (Wildman–Crippen MR) is 79.0 cm³/mol. The summed E-state index contributed by atoms with van der Waals surface area (Å²) < 4.78 is 0. The first kappa shape index (κ1) is 14.8. The van der Waals surface area contributed by atoms with Crippen molar-refractivity contribution in [1.29, 1.82) is 0 Å². The highest BCUT2D eigenvalue weighted by molar-refractivity contribution is 6.01. The number of anilines is 3. The van der Waals surface area contributed by atoms with Gasteiger partial charge in [0.05, 0.1) is 17.1 Å². The minimum Gasteiger partial charge on any atom is -0.370 e. The standard InChI is InChI=1S/C15H24N2.FH/c1-4-6-10-17(11-7-5-2)13-9-8-12(3)14-15(13)16-14;/h8-9,16H,4-7,10-11H2,1-3H3;1H. The van der Waals surface area contributed by atoms with Gasteiger partial charge in [-0.3, -0.25) is 4.70 Å². The van der Waals surface area contributed by atoms with E-state index < -0.39 is 0 Å². The largest absolute Gasteiger partial charge is 0.370 e. The van der Waals surface area contributed by atoms with Crippen LogP contribution in [0.2, 0.25) is 0 Å². The SMILES string of the molecule is CCCCN(CCCC)c1ccc(C)c2c1N2.F. The van der Waals surface area contributed by atoms with Gasteiger partial charge in [0.25, 0.3) is 0 Å². The number of halogens is 1. The summed E-state index contributed by atoms with van der Waals surface area (Å²) in [6.07, 6.45) is 5.10. The van der Waals surface area contributed by atoms with Crippen molar-refractivity contribution >= 4 is 17.1 Å². The Morgan fingerprint density at radius 3 is 2.17 bits per heavy atom. The van der Waals surface area contributed by atoms with Crippen molar-refractivity contribution in [1.82, 2.24) is 0 Å². The van der Waals surface area contributed by atoms with Gasteiger partial charge in [0.1, 0.15) is 0 Å². The summed E-state index contributed by atoms with van der Waals surface area (Å²) in [4.78, 5) is 2.55. The molecular weight excluding hydrogens is 227 g/mol. The van der Waals surface area contributed by atoms with Gasteiger partial charge < -0.3 is 10.2 Å². The quantitative estimate of drug-likeness (QED) is 0.728. The number of rotatable bonds is 7. The molecule has 0 amide bonds. The van der Waals surface area contributed by atoms with Gasteiger partial charge in [-0.15, -0.1) is 0 Å². The third-order valence-electron chi connectivity index (χ3n) is 3.48. The fourth-order valence-corrected chi connectivity index (χ4v) is 2.27. The van der Waals surface area contributed by atoms with Crippen molar-refractivity contribution in [3.63, 3.8) is 0 Å². The van der Waals surface area contributed by atoms with Gasteiger partial charge >= 0.3 is 0 Å². The van der Waals surface area contributed by atoms with Crippen LogP contribution in [0.3, 0.4) is 0 Å². The van der Waals surface area contributed by atoms with Crippen LogP contribution in [0.4, 0.5) is 21.8 Å². The second-order valence-corrected chi connectivity index (χ2v) is 4.97. The number of nitrogens with zero attached hydrogens (tertiary/aromatic N) is 1. The Kier molecular flexibility index (Phi) is 5.45. The number of aryl methyl sites for hydroxylation is 1. The molecule has 0 aromatic heterocycles. The molecule has 0 aliphatic carbocycles. The van der Waals surface area contributed by atoms with Gasteiger partial charge in [-0.05, 0) is 31.4 Å². The van der Waals surface area contributed by atoms with Crippen molar-refractivity contribution in [2.45, 2.75) is 46.5 Å². The number of unbranched alkanes of at least 4 members (excludes halogenated alkanes) is 2. The molecule has 1 aromatic carbocycles. The van der Waals surface area contributed by atoms with Crippen LogP contribution >= 0.6 is 0 Å². The molecule has 0 atom stereocenters. The highest BCUT2D eigenvalue weighted by atomic mass is 19.0. The molecule has 0 saturated carbocycles. The number of nitrogens with one attached hydrogen (secondary N) is 1. The maximum atomic E-state index is 3.42. The normalized spacial score (nSPS) is 11.3. The van der Waals surface area contributed by atoms with E-state index in [-0.39, 0.29) is 4.70 Å². The molecule has 1 aliphatic rings. The third kappa shape index (κ3) is 3.15. The Hall–Kier alpha value is -1.25. The van der Waals surface area contributed by atoms with E-state index in [9.17, 15) is 0 Å². The second kappa shape index (κ2) is 6.62. The molecule has 2 rings (SSSR count). The molecule has 102 valence electrons. The molecular formula is C15H25FN2. The van der Waals surface area contributed by atoms with Crippen LogP contribution in [0.5, 0.6) is 0 Å². The maximum absolute atomic E-state index is 3.42. The number of hydrogen-bond donors (Lipinski definition) is 1. The van der Waals surface area contributed by atoms with Crippen LogP contribution in [0.15, 0.2) is 12.1 Å². The predicted octanol–water partition coefficient (Wildman–Crippen LogP) is 4.61. The summed E-state index contributed by atoms with van der Waals surface area (Å²) in [6, 6.07) is 4.51. The molecule has 1 heterocycles. The lowest BCUT2D eigenvalue weighted by Gasteiger charge is -2.24. The van der Waals surface area contributed by atoms with Gasteiger partial charge in [-0.2, -0.15) is 0 Å². The van der Waals surface area contributed by atoms with E-state index in [1.54, 1.807) is 0 Å². The number of fused-ring (bicyclic) bond motifs is 1. The molecule has 0 spiro atoms. The van der Waals surface area contributed by atoms with E-state index >= 15 is 0 Å². The van der Waals surface area contributed by atoms with Crippen molar-refractivity contribution in [3.8, 4) is 0 Å². The zero-order valence-electron chi connectivity index (χ0n) is 11.8. The Morgan fingerprint density at radius 1 is 1.00 bits per heavy atom. The topological polar surface area (TPSA) is 25.2 Å². The number of hydrogen-bond acceptors (Lipinski definition) is 2.